The smallest absolute Gasteiger partial charge is 0.161 e. The molecule has 3 aliphatic rings. The van der Waals surface area contributed by atoms with Crippen LogP contribution >= 0.6 is 0 Å². The molecule has 156 valence electrons. The molecule has 2 fully saturated rings. The van der Waals surface area contributed by atoms with Gasteiger partial charge in [0.2, 0.25) is 0 Å². The summed E-state index contributed by atoms with van der Waals surface area (Å²) in [5.41, 5.74) is 0.928. The van der Waals surface area contributed by atoms with Crippen LogP contribution in [-0.4, -0.2) is 60.3 Å². The van der Waals surface area contributed by atoms with Crippen molar-refractivity contribution in [3.8, 4) is 11.5 Å². The van der Waals surface area contributed by atoms with Crippen molar-refractivity contribution in [3.63, 3.8) is 0 Å². The Hall–Kier alpha value is -1.37. The molecule has 5 nitrogen and oxygen atoms in total. The second kappa shape index (κ2) is 7.15. The van der Waals surface area contributed by atoms with Crippen molar-refractivity contribution in [2.24, 2.45) is 0 Å². The largest absolute Gasteiger partial charge is 0.493 e. The van der Waals surface area contributed by atoms with Crippen LogP contribution in [0.2, 0.25) is 0 Å². The maximum atomic E-state index is 14.0. The molecule has 0 bridgehead atoms. The molecule has 4 rings (SSSR count). The van der Waals surface area contributed by atoms with Gasteiger partial charge in [0, 0.05) is 19.1 Å². The molecule has 1 saturated heterocycles. The minimum absolute atomic E-state index is 0.0856. The number of alkyl halides is 1. The fraction of sp³-hybridized carbons (Fsp3) is 0.727. The van der Waals surface area contributed by atoms with Gasteiger partial charge in [-0.05, 0) is 69.7 Å². The summed E-state index contributed by atoms with van der Waals surface area (Å²) in [4.78, 5) is 2.40. The van der Waals surface area contributed by atoms with Crippen LogP contribution in [0.15, 0.2) is 12.1 Å². The molecule has 0 aromatic heterocycles. The molecule has 0 spiro atoms. The van der Waals surface area contributed by atoms with Gasteiger partial charge in [-0.15, -0.1) is 0 Å². The lowest BCUT2D eigenvalue weighted by atomic mass is 9.84. The molecule has 2 aliphatic heterocycles. The highest BCUT2D eigenvalue weighted by Crippen LogP contribution is 2.44. The monoisotopic (exact) mass is 393 g/mol. The molecule has 1 N–H and O–H groups in total. The number of hydrogen-bond acceptors (Lipinski definition) is 5. The molecule has 2 heterocycles. The molecule has 1 saturated carbocycles. The van der Waals surface area contributed by atoms with E-state index in [1.54, 1.807) is 7.11 Å². The predicted molar refractivity (Wildman–Crippen MR) is 105 cm³/mol. The summed E-state index contributed by atoms with van der Waals surface area (Å²) in [6.45, 7) is 7.77. The number of benzene rings is 1. The highest BCUT2D eigenvalue weighted by molar-refractivity contribution is 5.50. The van der Waals surface area contributed by atoms with E-state index in [0.29, 0.717) is 37.3 Å². The fourth-order valence-electron chi connectivity index (χ4n) is 4.32. The van der Waals surface area contributed by atoms with Gasteiger partial charge in [0.15, 0.2) is 11.5 Å². The third-order valence-corrected chi connectivity index (χ3v) is 5.99. The Labute approximate surface area is 166 Å². The highest BCUT2D eigenvalue weighted by Gasteiger charge is 2.44. The Morgan fingerprint density at radius 1 is 1.25 bits per heavy atom. The first-order valence-corrected chi connectivity index (χ1v) is 10.3. The molecule has 1 aliphatic carbocycles. The van der Waals surface area contributed by atoms with Crippen molar-refractivity contribution < 1.29 is 23.7 Å². The molecule has 1 aromatic rings. The summed E-state index contributed by atoms with van der Waals surface area (Å²) < 4.78 is 31.4. The van der Waals surface area contributed by atoms with E-state index in [2.05, 4.69) is 4.90 Å². The number of nitrogens with zero attached hydrogens (tertiary/aromatic N) is 1. The normalized spacial score (nSPS) is 29.0. The van der Waals surface area contributed by atoms with Crippen LogP contribution in [0.3, 0.4) is 0 Å². The van der Waals surface area contributed by atoms with Crippen LogP contribution < -0.4 is 9.47 Å². The van der Waals surface area contributed by atoms with Crippen LogP contribution in [0.4, 0.5) is 4.39 Å². The van der Waals surface area contributed by atoms with Gasteiger partial charge in [0.05, 0.1) is 24.9 Å². The molecular formula is C22H32FNO4. The number of halogens is 1. The number of fused-ring (bicyclic) bond motifs is 3. The molecule has 0 unspecified atom stereocenters. The first-order valence-electron chi connectivity index (χ1n) is 10.3. The van der Waals surface area contributed by atoms with E-state index in [1.165, 1.54) is 11.1 Å². The zero-order valence-corrected chi connectivity index (χ0v) is 17.3. The van der Waals surface area contributed by atoms with Crippen LogP contribution in [0.25, 0.3) is 0 Å². The molecule has 0 radical (unpaired) electrons. The van der Waals surface area contributed by atoms with Gasteiger partial charge < -0.3 is 19.3 Å². The van der Waals surface area contributed by atoms with E-state index in [1.807, 2.05) is 32.9 Å². The number of piperidine rings is 1. The third-order valence-electron chi connectivity index (χ3n) is 5.99. The van der Waals surface area contributed by atoms with Crippen LogP contribution in [0.1, 0.15) is 57.2 Å². The van der Waals surface area contributed by atoms with Gasteiger partial charge in [-0.3, -0.25) is 4.90 Å². The summed E-state index contributed by atoms with van der Waals surface area (Å²) in [5.74, 6) is 1.25. The van der Waals surface area contributed by atoms with E-state index < -0.39 is 11.8 Å². The number of aliphatic hydroxyl groups is 1. The average Bonchev–Trinajstić information content (AvgIpc) is 3.36. The lowest BCUT2D eigenvalue weighted by Crippen LogP contribution is -2.53. The van der Waals surface area contributed by atoms with Crippen molar-refractivity contribution in [2.75, 3.05) is 26.8 Å². The van der Waals surface area contributed by atoms with Gasteiger partial charge in [-0.1, -0.05) is 0 Å². The first-order chi connectivity index (χ1) is 13.2. The fourth-order valence-corrected chi connectivity index (χ4v) is 4.32. The van der Waals surface area contributed by atoms with Gasteiger partial charge in [0.25, 0.3) is 0 Å². The molecule has 0 amide bonds. The molecule has 28 heavy (non-hydrogen) atoms. The zero-order chi connectivity index (χ0) is 20.1. The molecular weight excluding hydrogens is 361 g/mol. The van der Waals surface area contributed by atoms with Gasteiger partial charge in [-0.25, -0.2) is 4.39 Å². The number of aliphatic hydroxyl groups excluding tert-OH is 1. The summed E-state index contributed by atoms with van der Waals surface area (Å²) in [6, 6.07) is 4.15. The second-order valence-corrected chi connectivity index (χ2v) is 9.47. The minimum Gasteiger partial charge on any atom is -0.493 e. The maximum Gasteiger partial charge on any atom is 0.161 e. The van der Waals surface area contributed by atoms with E-state index in [4.69, 9.17) is 14.2 Å². The third kappa shape index (κ3) is 4.14. The van der Waals surface area contributed by atoms with E-state index in [0.717, 1.165) is 13.0 Å². The van der Waals surface area contributed by atoms with Crippen molar-refractivity contribution in [2.45, 2.75) is 76.0 Å². The number of ether oxygens (including phenoxy) is 3. The number of methoxy groups -OCH3 is 1. The maximum absolute atomic E-state index is 14.0. The Morgan fingerprint density at radius 2 is 2.00 bits per heavy atom. The summed E-state index contributed by atoms with van der Waals surface area (Å²) >= 11 is 0. The number of rotatable bonds is 5. The van der Waals surface area contributed by atoms with E-state index in [-0.39, 0.29) is 24.4 Å². The van der Waals surface area contributed by atoms with Gasteiger partial charge >= 0.3 is 0 Å². The lowest BCUT2D eigenvalue weighted by Gasteiger charge is -2.46. The van der Waals surface area contributed by atoms with Crippen molar-refractivity contribution in [3.05, 3.63) is 23.3 Å². The lowest BCUT2D eigenvalue weighted by molar-refractivity contribution is -0.149. The Morgan fingerprint density at radius 3 is 2.64 bits per heavy atom. The Bertz CT molecular complexity index is 728. The zero-order valence-electron chi connectivity index (χ0n) is 17.3. The van der Waals surface area contributed by atoms with Crippen LogP contribution in [0, 0.1) is 0 Å². The summed E-state index contributed by atoms with van der Waals surface area (Å²) in [5, 5.41) is 10.7. The van der Waals surface area contributed by atoms with E-state index >= 15 is 0 Å². The standard InChI is InChI=1S/C22H32FNO4/c1-21(2,3)28-20-12-24-8-5-14-9-19(27-13-22(23)6-7-22)18(26-4)10-15(14)16(24)11-17(20)25/h9-10,16-17,20,25H,5-8,11-13H2,1-4H3/t16-,17-,20-/m1/s1. The van der Waals surface area contributed by atoms with Crippen LogP contribution in [-0.2, 0) is 11.2 Å². The molecule has 6 heteroatoms. The number of hydrogen-bond donors (Lipinski definition) is 1. The average molecular weight is 393 g/mol. The quantitative estimate of drug-likeness (QED) is 0.831. The van der Waals surface area contributed by atoms with Crippen molar-refractivity contribution in [1.29, 1.82) is 0 Å². The van der Waals surface area contributed by atoms with E-state index in [9.17, 15) is 9.50 Å². The van der Waals surface area contributed by atoms with Crippen LogP contribution in [0.5, 0.6) is 11.5 Å². The highest BCUT2D eigenvalue weighted by atomic mass is 19.1. The summed E-state index contributed by atoms with van der Waals surface area (Å²) in [7, 11) is 1.61. The topological polar surface area (TPSA) is 51.2 Å². The SMILES string of the molecule is COc1cc2c(cc1OCC1(F)CC1)CCN1C[C@@H](OC(C)(C)C)[C@H](O)C[C@H]21. The minimum atomic E-state index is -1.16. The Kier molecular flexibility index (Phi) is 5.09. The van der Waals surface area contributed by atoms with Gasteiger partial charge in [0.1, 0.15) is 12.3 Å². The van der Waals surface area contributed by atoms with Gasteiger partial charge in [-0.2, -0.15) is 0 Å². The molecule has 1 aromatic carbocycles. The molecule has 3 atom stereocenters. The first kappa shape index (κ1) is 19.9. The van der Waals surface area contributed by atoms with Crippen molar-refractivity contribution in [1.82, 2.24) is 4.90 Å². The Balaban J connectivity index is 1.54. The second-order valence-electron chi connectivity index (χ2n) is 9.47. The summed E-state index contributed by atoms with van der Waals surface area (Å²) in [6.07, 6.45) is 1.99. The predicted octanol–water partition coefficient (Wildman–Crippen LogP) is 3.42. The van der Waals surface area contributed by atoms with Crippen molar-refractivity contribution >= 4 is 0 Å².